The van der Waals surface area contributed by atoms with E-state index in [4.69, 9.17) is 4.98 Å². The smallest absolute Gasteiger partial charge is 0.223 e. The summed E-state index contributed by atoms with van der Waals surface area (Å²) in [6.45, 7) is 8.30. The molecule has 0 spiro atoms. The van der Waals surface area contributed by atoms with Crippen molar-refractivity contribution in [3.05, 3.63) is 100 Å². The fourth-order valence-electron chi connectivity index (χ4n) is 5.10. The second-order valence-electron chi connectivity index (χ2n) is 9.22. The second kappa shape index (κ2) is 8.47. The van der Waals surface area contributed by atoms with E-state index >= 15 is 0 Å². The van der Waals surface area contributed by atoms with E-state index in [0.29, 0.717) is 19.5 Å². The molecule has 1 unspecified atom stereocenters. The van der Waals surface area contributed by atoms with Crippen LogP contribution in [0.4, 0.5) is 4.39 Å². The van der Waals surface area contributed by atoms with Crippen molar-refractivity contribution in [2.75, 3.05) is 6.54 Å². The van der Waals surface area contributed by atoms with Gasteiger partial charge in [0.2, 0.25) is 5.91 Å². The van der Waals surface area contributed by atoms with Crippen molar-refractivity contribution in [3.63, 3.8) is 0 Å². The van der Waals surface area contributed by atoms with Gasteiger partial charge in [0.05, 0.1) is 11.0 Å². The molecule has 1 saturated heterocycles. The van der Waals surface area contributed by atoms with E-state index in [1.165, 1.54) is 34.4 Å². The van der Waals surface area contributed by atoms with Crippen molar-refractivity contribution >= 4 is 16.9 Å². The normalized spacial score (nSPS) is 16.2. The molecule has 1 fully saturated rings. The number of likely N-dealkylation sites (tertiary alicyclic amines) is 1. The number of hydrogen-bond acceptors (Lipinski definition) is 2. The zero-order valence-electron chi connectivity index (χ0n) is 19.3. The number of para-hydroxylation sites is 2. The van der Waals surface area contributed by atoms with Crippen LogP contribution in [-0.4, -0.2) is 26.9 Å². The number of rotatable bonds is 5. The van der Waals surface area contributed by atoms with Crippen molar-refractivity contribution in [2.24, 2.45) is 0 Å². The summed E-state index contributed by atoms with van der Waals surface area (Å²) in [5.74, 6) is 0.840. The molecule has 0 N–H and O–H groups in total. The average molecular weight is 442 g/mol. The van der Waals surface area contributed by atoms with Gasteiger partial charge in [-0.05, 0) is 67.3 Å². The number of carbonyl (C=O) groups excluding carboxylic acids is 1. The third kappa shape index (κ3) is 4.15. The maximum Gasteiger partial charge on any atom is 0.223 e. The van der Waals surface area contributed by atoms with Gasteiger partial charge in [0, 0.05) is 32.0 Å². The van der Waals surface area contributed by atoms with Crippen LogP contribution < -0.4 is 0 Å². The number of benzene rings is 3. The molecule has 0 radical (unpaired) electrons. The topological polar surface area (TPSA) is 38.1 Å². The third-order valence-electron chi connectivity index (χ3n) is 6.71. The predicted molar refractivity (Wildman–Crippen MR) is 129 cm³/mol. The van der Waals surface area contributed by atoms with Crippen LogP contribution in [0.2, 0.25) is 0 Å². The summed E-state index contributed by atoms with van der Waals surface area (Å²) in [6.07, 6.45) is 0.441. The number of carbonyl (C=O) groups is 1. The Kier molecular flexibility index (Phi) is 5.49. The van der Waals surface area contributed by atoms with E-state index in [0.717, 1.165) is 29.0 Å². The van der Waals surface area contributed by atoms with Gasteiger partial charge < -0.3 is 9.47 Å². The van der Waals surface area contributed by atoms with Gasteiger partial charge in [-0.25, -0.2) is 9.37 Å². The summed E-state index contributed by atoms with van der Waals surface area (Å²) in [5, 5.41) is 0. The number of imidazole rings is 1. The van der Waals surface area contributed by atoms with Crippen molar-refractivity contribution in [1.82, 2.24) is 14.5 Å². The lowest BCUT2D eigenvalue weighted by Gasteiger charge is -2.19. The van der Waals surface area contributed by atoms with E-state index in [9.17, 15) is 9.18 Å². The molecule has 1 amide bonds. The quantitative estimate of drug-likeness (QED) is 0.401. The Morgan fingerprint density at radius 2 is 1.67 bits per heavy atom. The average Bonchev–Trinajstić information content (AvgIpc) is 3.32. The maximum absolute atomic E-state index is 13.3. The fourth-order valence-corrected chi connectivity index (χ4v) is 5.10. The van der Waals surface area contributed by atoms with Crippen molar-refractivity contribution < 1.29 is 9.18 Å². The summed E-state index contributed by atoms with van der Waals surface area (Å²) in [5.41, 5.74) is 8.11. The third-order valence-corrected chi connectivity index (χ3v) is 6.71. The lowest BCUT2D eigenvalue weighted by molar-refractivity contribution is -0.128. The zero-order chi connectivity index (χ0) is 23.1. The minimum atomic E-state index is -0.264. The van der Waals surface area contributed by atoms with E-state index in [2.05, 4.69) is 43.5 Å². The molecule has 3 aromatic carbocycles. The van der Waals surface area contributed by atoms with Gasteiger partial charge in [0.1, 0.15) is 11.6 Å². The molecule has 2 heterocycles. The first-order chi connectivity index (χ1) is 15.9. The molecule has 1 atom stereocenters. The summed E-state index contributed by atoms with van der Waals surface area (Å²) >= 11 is 0. The van der Waals surface area contributed by atoms with Crippen molar-refractivity contribution in [1.29, 1.82) is 0 Å². The first-order valence-corrected chi connectivity index (χ1v) is 11.4. The molecular weight excluding hydrogens is 413 g/mol. The molecule has 0 saturated carbocycles. The van der Waals surface area contributed by atoms with Crippen LogP contribution in [0, 0.1) is 26.6 Å². The van der Waals surface area contributed by atoms with Crippen molar-refractivity contribution in [3.8, 4) is 0 Å². The molecule has 1 aliphatic heterocycles. The number of aromatic nitrogens is 2. The largest absolute Gasteiger partial charge is 0.338 e. The molecule has 1 aromatic heterocycles. The van der Waals surface area contributed by atoms with Gasteiger partial charge in [-0.3, -0.25) is 4.79 Å². The van der Waals surface area contributed by atoms with Crippen LogP contribution in [0.25, 0.3) is 11.0 Å². The highest BCUT2D eigenvalue weighted by molar-refractivity contribution is 5.81. The van der Waals surface area contributed by atoms with E-state index < -0.39 is 0 Å². The van der Waals surface area contributed by atoms with Crippen molar-refractivity contribution in [2.45, 2.75) is 46.2 Å². The first-order valence-electron chi connectivity index (χ1n) is 11.4. The Bertz CT molecular complexity index is 1320. The number of amides is 1. The highest BCUT2D eigenvalue weighted by Crippen LogP contribution is 2.32. The highest BCUT2D eigenvalue weighted by atomic mass is 19.1. The molecular formula is C28H28FN3O. The van der Waals surface area contributed by atoms with Gasteiger partial charge in [0.15, 0.2) is 0 Å². The Labute approximate surface area is 193 Å². The number of halogens is 1. The van der Waals surface area contributed by atoms with Gasteiger partial charge in [-0.2, -0.15) is 0 Å². The molecule has 1 aliphatic rings. The minimum absolute atomic E-state index is 0.0245. The van der Waals surface area contributed by atoms with E-state index in [1.807, 2.05) is 23.1 Å². The minimum Gasteiger partial charge on any atom is -0.338 e. The Morgan fingerprint density at radius 1 is 0.970 bits per heavy atom. The summed E-state index contributed by atoms with van der Waals surface area (Å²) in [4.78, 5) is 19.7. The molecule has 5 heteroatoms. The number of nitrogens with zero attached hydrogens (tertiary/aromatic N) is 3. The van der Waals surface area contributed by atoms with Gasteiger partial charge >= 0.3 is 0 Å². The van der Waals surface area contributed by atoms with Crippen LogP contribution in [0.5, 0.6) is 0 Å². The van der Waals surface area contributed by atoms with Crippen LogP contribution in [0.3, 0.4) is 0 Å². The zero-order valence-corrected chi connectivity index (χ0v) is 19.3. The first kappa shape index (κ1) is 21.4. The Hall–Kier alpha value is -3.47. The summed E-state index contributed by atoms with van der Waals surface area (Å²) < 4.78 is 15.6. The van der Waals surface area contributed by atoms with Crippen LogP contribution in [0.1, 0.15) is 46.0 Å². The summed E-state index contributed by atoms with van der Waals surface area (Å²) in [7, 11) is 0. The predicted octanol–water partition coefficient (Wildman–Crippen LogP) is 5.67. The van der Waals surface area contributed by atoms with E-state index in [-0.39, 0.29) is 17.6 Å². The highest BCUT2D eigenvalue weighted by Gasteiger charge is 2.34. The molecule has 0 aliphatic carbocycles. The lowest BCUT2D eigenvalue weighted by Crippen LogP contribution is -2.24. The van der Waals surface area contributed by atoms with Gasteiger partial charge in [0.25, 0.3) is 0 Å². The molecule has 168 valence electrons. The number of fused-ring (bicyclic) bond motifs is 1. The molecule has 4 nitrogen and oxygen atoms in total. The Balaban J connectivity index is 1.49. The second-order valence-corrected chi connectivity index (χ2v) is 9.22. The number of hydrogen-bond donors (Lipinski definition) is 0. The van der Waals surface area contributed by atoms with Gasteiger partial charge in [-0.15, -0.1) is 0 Å². The number of aryl methyl sites for hydroxylation is 3. The van der Waals surface area contributed by atoms with Gasteiger partial charge in [-0.1, -0.05) is 42.0 Å². The van der Waals surface area contributed by atoms with E-state index in [1.54, 1.807) is 12.1 Å². The molecule has 33 heavy (non-hydrogen) atoms. The monoisotopic (exact) mass is 441 g/mol. The van der Waals surface area contributed by atoms with Crippen LogP contribution in [-0.2, 0) is 17.9 Å². The van der Waals surface area contributed by atoms with Crippen LogP contribution in [0.15, 0.2) is 60.7 Å². The molecule has 0 bridgehead atoms. The molecule has 4 aromatic rings. The standard InChI is InChI=1S/C28H28FN3O/c1-18-12-19(2)24(20(3)13-18)17-32-26-7-5-4-6-25(26)30-28(32)22-14-27(33)31(16-22)15-21-8-10-23(29)11-9-21/h4-13,22H,14-17H2,1-3H3. The lowest BCUT2D eigenvalue weighted by atomic mass is 9.99. The fraction of sp³-hybridized carbons (Fsp3) is 0.286. The molecule has 5 rings (SSSR count). The SMILES string of the molecule is Cc1cc(C)c(Cn2c(C3CC(=O)N(Cc4ccc(F)cc4)C3)nc3ccccc32)c(C)c1. The maximum atomic E-state index is 13.3. The summed E-state index contributed by atoms with van der Waals surface area (Å²) in [6, 6.07) is 19.0. The Morgan fingerprint density at radius 3 is 2.39 bits per heavy atom. The van der Waals surface area contributed by atoms with Crippen LogP contribution >= 0.6 is 0 Å².